The first-order chi connectivity index (χ1) is 18.1. The van der Waals surface area contributed by atoms with Crippen molar-refractivity contribution in [3.05, 3.63) is 76.6 Å². The Kier molecular flexibility index (Phi) is 6.89. The maximum absolute atomic E-state index is 14.7. The fourth-order valence-corrected chi connectivity index (χ4v) is 6.08. The largest absolute Gasteiger partial charge is 0.358 e. The number of nitrogens with zero attached hydrogens (tertiary/aromatic N) is 1. The lowest BCUT2D eigenvalue weighted by atomic mass is 9.93. The summed E-state index contributed by atoms with van der Waals surface area (Å²) in [4.78, 5) is 31.0. The number of anilines is 1. The molecule has 3 aromatic rings. The average molecular weight is 541 g/mol. The lowest BCUT2D eigenvalue weighted by Gasteiger charge is -2.26. The van der Waals surface area contributed by atoms with Gasteiger partial charge in [0.15, 0.2) is 9.84 Å². The highest BCUT2D eigenvalue weighted by Crippen LogP contribution is 2.42. The van der Waals surface area contributed by atoms with Crippen molar-refractivity contribution in [2.24, 2.45) is 0 Å². The highest BCUT2D eigenvalue weighted by atomic mass is 32.2. The number of carbonyl (C=O) groups excluding carboxylic acids is 2. The maximum Gasteiger partial charge on any atom is 0.256 e. The van der Waals surface area contributed by atoms with Crippen molar-refractivity contribution in [1.82, 2.24) is 15.2 Å². The van der Waals surface area contributed by atoms with Crippen LogP contribution in [0.4, 0.5) is 14.5 Å². The van der Waals surface area contributed by atoms with Gasteiger partial charge in [0.05, 0.1) is 33.9 Å². The predicted octanol–water partition coefficient (Wildman–Crippen LogP) is 3.22. The molecule has 1 aromatic heterocycles. The number of aryl methyl sites for hydroxylation is 1. The van der Waals surface area contributed by atoms with E-state index in [-0.39, 0.29) is 34.1 Å². The zero-order chi connectivity index (χ0) is 27.0. The third kappa shape index (κ3) is 5.11. The molecule has 0 unspecified atom stereocenters. The van der Waals surface area contributed by atoms with Crippen LogP contribution in [0.2, 0.25) is 0 Å². The summed E-state index contributed by atoms with van der Waals surface area (Å²) in [5.41, 5.74) is 2.30. The molecular weight excluding hydrogens is 514 g/mol. The smallest absolute Gasteiger partial charge is 0.256 e. The number of hydrogen-bond donors (Lipinski definition) is 3. The van der Waals surface area contributed by atoms with Crippen LogP contribution in [0.1, 0.15) is 27.3 Å². The second-order valence-corrected chi connectivity index (χ2v) is 11.7. The third-order valence-electron chi connectivity index (χ3n) is 6.73. The fourth-order valence-electron chi connectivity index (χ4n) is 4.80. The van der Waals surface area contributed by atoms with Gasteiger partial charge >= 0.3 is 0 Å². The van der Waals surface area contributed by atoms with Crippen molar-refractivity contribution in [1.29, 1.82) is 0 Å². The summed E-state index contributed by atoms with van der Waals surface area (Å²) in [6.45, 7) is 3.46. The summed E-state index contributed by atoms with van der Waals surface area (Å²) in [7, 11) is -2.98. The molecule has 0 spiro atoms. The van der Waals surface area contributed by atoms with Crippen molar-refractivity contribution >= 4 is 39.0 Å². The summed E-state index contributed by atoms with van der Waals surface area (Å²) < 4.78 is 52.5. The molecule has 5 rings (SSSR count). The van der Waals surface area contributed by atoms with Crippen LogP contribution in [0.3, 0.4) is 0 Å². The van der Waals surface area contributed by atoms with E-state index in [9.17, 15) is 26.8 Å². The molecule has 0 aliphatic carbocycles. The molecule has 1 saturated heterocycles. The van der Waals surface area contributed by atoms with E-state index in [1.54, 1.807) is 31.2 Å². The third-order valence-corrected chi connectivity index (χ3v) is 8.33. The minimum atomic E-state index is -2.98. The fraction of sp³-hybridized carbons (Fsp3) is 0.259. The monoisotopic (exact) mass is 540 g/mol. The second-order valence-electron chi connectivity index (χ2n) is 9.37. The van der Waals surface area contributed by atoms with E-state index >= 15 is 0 Å². The van der Waals surface area contributed by atoms with Gasteiger partial charge in [0.2, 0.25) is 0 Å². The molecule has 38 heavy (non-hydrogen) atoms. The molecular formula is C27H26F2N4O4S. The van der Waals surface area contributed by atoms with Crippen LogP contribution in [-0.2, 0) is 14.6 Å². The Morgan fingerprint density at radius 3 is 2.47 bits per heavy atom. The summed E-state index contributed by atoms with van der Waals surface area (Å²) in [5.74, 6) is -2.10. The number of rotatable bonds is 6. The quantitative estimate of drug-likeness (QED) is 0.416. The predicted molar refractivity (Wildman–Crippen MR) is 141 cm³/mol. The van der Waals surface area contributed by atoms with Crippen LogP contribution in [0.5, 0.6) is 0 Å². The van der Waals surface area contributed by atoms with Gasteiger partial charge in [0.25, 0.3) is 11.8 Å². The van der Waals surface area contributed by atoms with Crippen molar-refractivity contribution in [2.45, 2.75) is 6.92 Å². The van der Waals surface area contributed by atoms with E-state index in [0.717, 1.165) is 12.1 Å². The molecule has 0 radical (unpaired) electrons. The molecule has 1 fully saturated rings. The Morgan fingerprint density at radius 1 is 1.08 bits per heavy atom. The highest BCUT2D eigenvalue weighted by molar-refractivity contribution is 7.91. The van der Waals surface area contributed by atoms with Crippen molar-refractivity contribution in [3.8, 4) is 11.1 Å². The Bertz CT molecular complexity index is 1550. The number of hydrogen-bond acceptors (Lipinski definition) is 5. The van der Waals surface area contributed by atoms with E-state index in [2.05, 4.69) is 15.6 Å². The topological polar surface area (TPSA) is 111 Å². The highest BCUT2D eigenvalue weighted by Gasteiger charge is 2.30. The molecule has 3 N–H and O–H groups in total. The zero-order valence-electron chi connectivity index (χ0n) is 20.6. The van der Waals surface area contributed by atoms with E-state index in [4.69, 9.17) is 0 Å². The van der Waals surface area contributed by atoms with E-state index in [1.165, 1.54) is 12.1 Å². The normalized spacial score (nSPS) is 17.9. The van der Waals surface area contributed by atoms with Crippen LogP contribution in [0, 0.1) is 18.6 Å². The van der Waals surface area contributed by atoms with Crippen molar-refractivity contribution < 1.29 is 26.8 Å². The van der Waals surface area contributed by atoms with Gasteiger partial charge in [-0.3, -0.25) is 14.5 Å². The standard InChI is InChI=1S/C27H26F2N4O4S/c1-16-14-18(26(34)30-8-9-33-10-12-38(36,37)13-11-33)23(31-16)15-19-24-17(4-2-7-22(24)32-27(19)35)25-20(28)5-3-6-21(25)29/h2-7,14-15,31H,8-13H2,1H3,(H,30,34)(H,32,35). The SMILES string of the molecule is Cc1cc(C(=O)NCCN2CCS(=O)(=O)CC2)c(C=C2C(=O)Nc3cccc(-c4c(F)cccc4F)c32)[nH]1. The molecule has 11 heteroatoms. The van der Waals surface area contributed by atoms with Gasteiger partial charge in [0.1, 0.15) is 11.6 Å². The zero-order valence-corrected chi connectivity index (χ0v) is 21.4. The Labute approximate surface area is 218 Å². The van der Waals surface area contributed by atoms with Gasteiger partial charge in [-0.05, 0) is 42.8 Å². The number of H-pyrrole nitrogens is 1. The molecule has 2 aliphatic heterocycles. The van der Waals surface area contributed by atoms with Gasteiger partial charge in [-0.25, -0.2) is 17.2 Å². The Balaban J connectivity index is 1.42. The Hall–Kier alpha value is -3.83. The first-order valence-corrected chi connectivity index (χ1v) is 14.0. The van der Waals surface area contributed by atoms with Crippen LogP contribution >= 0.6 is 0 Å². The minimum Gasteiger partial charge on any atom is -0.358 e. The molecule has 198 valence electrons. The number of carbonyl (C=O) groups is 2. The number of amides is 2. The van der Waals surface area contributed by atoms with Gasteiger partial charge in [-0.15, -0.1) is 0 Å². The van der Waals surface area contributed by atoms with Crippen molar-refractivity contribution in [2.75, 3.05) is 43.0 Å². The van der Waals surface area contributed by atoms with Crippen LogP contribution < -0.4 is 10.6 Å². The molecule has 3 heterocycles. The molecule has 8 nitrogen and oxygen atoms in total. The summed E-state index contributed by atoms with van der Waals surface area (Å²) in [6.07, 6.45) is 1.51. The first kappa shape index (κ1) is 25.8. The first-order valence-electron chi connectivity index (χ1n) is 12.1. The van der Waals surface area contributed by atoms with Gasteiger partial charge < -0.3 is 15.6 Å². The number of benzene rings is 2. The van der Waals surface area contributed by atoms with E-state index in [1.807, 2.05) is 4.90 Å². The Morgan fingerprint density at radius 2 is 1.76 bits per heavy atom. The number of sulfone groups is 1. The number of fused-ring (bicyclic) bond motifs is 1. The summed E-state index contributed by atoms with van der Waals surface area (Å²) >= 11 is 0. The number of aromatic amines is 1. The van der Waals surface area contributed by atoms with Crippen molar-refractivity contribution in [3.63, 3.8) is 0 Å². The van der Waals surface area contributed by atoms with Crippen LogP contribution in [0.25, 0.3) is 22.8 Å². The lowest BCUT2D eigenvalue weighted by molar-refractivity contribution is -0.110. The van der Waals surface area contributed by atoms with Gasteiger partial charge in [-0.2, -0.15) is 0 Å². The molecule has 0 saturated carbocycles. The van der Waals surface area contributed by atoms with Gasteiger partial charge in [0, 0.05) is 43.1 Å². The number of halogens is 2. The van der Waals surface area contributed by atoms with Crippen LogP contribution in [-0.4, -0.2) is 67.8 Å². The maximum atomic E-state index is 14.7. The van der Waals surface area contributed by atoms with E-state index < -0.39 is 27.4 Å². The average Bonchev–Trinajstić information content (AvgIpc) is 3.39. The minimum absolute atomic E-state index is 0.109. The molecule has 0 bridgehead atoms. The second kappa shape index (κ2) is 10.1. The number of nitrogens with one attached hydrogen (secondary N) is 3. The molecule has 0 atom stereocenters. The van der Waals surface area contributed by atoms with E-state index in [0.29, 0.717) is 54.4 Å². The lowest BCUT2D eigenvalue weighted by Crippen LogP contribution is -2.43. The summed E-state index contributed by atoms with van der Waals surface area (Å²) in [6, 6.07) is 10.1. The summed E-state index contributed by atoms with van der Waals surface area (Å²) in [5, 5.41) is 5.58. The molecule has 2 amide bonds. The van der Waals surface area contributed by atoms with Gasteiger partial charge in [-0.1, -0.05) is 18.2 Å². The number of aromatic nitrogens is 1. The molecule has 2 aliphatic rings. The molecule has 2 aromatic carbocycles. The van der Waals surface area contributed by atoms with Crippen LogP contribution in [0.15, 0.2) is 42.5 Å².